The van der Waals surface area contributed by atoms with E-state index in [1.807, 2.05) is 24.8 Å². The molecule has 0 saturated carbocycles. The zero-order chi connectivity index (χ0) is 14.3. The number of nitrogens with one attached hydrogen (secondary N) is 1. The first-order chi connectivity index (χ1) is 9.60. The number of nitriles is 1. The van der Waals surface area contributed by atoms with Crippen LogP contribution in [0.5, 0.6) is 0 Å². The van der Waals surface area contributed by atoms with Gasteiger partial charge in [-0.2, -0.15) is 5.26 Å². The molecule has 0 aliphatic carbocycles. The Morgan fingerprint density at radius 2 is 2.25 bits per heavy atom. The molecule has 2 aliphatic heterocycles. The minimum atomic E-state index is 0.0252. The molecule has 2 saturated heterocycles. The van der Waals surface area contributed by atoms with Gasteiger partial charge in [-0.3, -0.25) is 4.98 Å². The van der Waals surface area contributed by atoms with Gasteiger partial charge in [0, 0.05) is 31.9 Å². The van der Waals surface area contributed by atoms with E-state index in [2.05, 4.69) is 21.3 Å². The second-order valence-electron chi connectivity index (χ2n) is 5.33. The van der Waals surface area contributed by atoms with Gasteiger partial charge in [0.2, 0.25) is 0 Å². The molecule has 0 radical (unpaired) electrons. The number of piperazine rings is 1. The predicted molar refractivity (Wildman–Crippen MR) is 74.5 cm³/mol. The summed E-state index contributed by atoms with van der Waals surface area (Å²) in [7, 11) is 0. The van der Waals surface area contributed by atoms with Crippen LogP contribution in [0.15, 0.2) is 6.07 Å². The Hall–Kier alpha value is -2.29. The molecule has 2 fully saturated rings. The number of hydrogen-bond acceptors (Lipinski definition) is 4. The van der Waals surface area contributed by atoms with Crippen LogP contribution in [0, 0.1) is 25.2 Å². The minimum absolute atomic E-state index is 0.0252. The van der Waals surface area contributed by atoms with Gasteiger partial charge in [0.05, 0.1) is 23.0 Å². The van der Waals surface area contributed by atoms with Crippen LogP contribution in [0.25, 0.3) is 0 Å². The van der Waals surface area contributed by atoms with Crippen molar-refractivity contribution in [2.24, 2.45) is 0 Å². The van der Waals surface area contributed by atoms with Crippen molar-refractivity contribution in [2.75, 3.05) is 31.1 Å². The fraction of sp³-hybridized carbons (Fsp3) is 0.500. The summed E-state index contributed by atoms with van der Waals surface area (Å²) in [5.74, 6) is 0. The quantitative estimate of drug-likeness (QED) is 0.819. The van der Waals surface area contributed by atoms with Gasteiger partial charge in [0.1, 0.15) is 6.07 Å². The fourth-order valence-corrected chi connectivity index (χ4v) is 3.02. The Bertz CT molecular complexity index is 606. The highest BCUT2D eigenvalue weighted by Crippen LogP contribution is 2.26. The smallest absolute Gasteiger partial charge is 0.317 e. The number of pyridine rings is 1. The molecular formula is C14H17N5O. The number of amides is 2. The molecule has 2 aliphatic rings. The Balaban J connectivity index is 1.91. The number of rotatable bonds is 1. The summed E-state index contributed by atoms with van der Waals surface area (Å²) in [6, 6.07) is 4.44. The van der Waals surface area contributed by atoms with E-state index in [4.69, 9.17) is 0 Å². The van der Waals surface area contributed by atoms with Gasteiger partial charge in [0.15, 0.2) is 0 Å². The number of aromatic nitrogens is 1. The highest BCUT2D eigenvalue weighted by Gasteiger charge is 2.36. The number of nitrogens with zero attached hydrogens (tertiary/aromatic N) is 4. The number of urea groups is 1. The lowest BCUT2D eigenvalue weighted by Crippen LogP contribution is -2.52. The lowest BCUT2D eigenvalue weighted by Gasteiger charge is -2.38. The van der Waals surface area contributed by atoms with Crippen LogP contribution >= 0.6 is 0 Å². The van der Waals surface area contributed by atoms with Crippen molar-refractivity contribution in [3.05, 3.63) is 23.0 Å². The number of anilines is 1. The monoisotopic (exact) mass is 271 g/mol. The second kappa shape index (κ2) is 4.67. The van der Waals surface area contributed by atoms with E-state index in [-0.39, 0.29) is 12.1 Å². The maximum Gasteiger partial charge on any atom is 0.317 e. The molecular weight excluding hydrogens is 254 g/mol. The van der Waals surface area contributed by atoms with Crippen LogP contribution in [-0.2, 0) is 0 Å². The first-order valence-electron chi connectivity index (χ1n) is 6.78. The van der Waals surface area contributed by atoms with Crippen LogP contribution in [-0.4, -0.2) is 48.1 Å². The molecule has 1 aromatic heterocycles. The van der Waals surface area contributed by atoms with E-state index in [1.165, 1.54) is 0 Å². The highest BCUT2D eigenvalue weighted by atomic mass is 16.2. The van der Waals surface area contributed by atoms with Crippen molar-refractivity contribution in [1.82, 2.24) is 15.2 Å². The average molecular weight is 271 g/mol. The SMILES string of the molecule is Cc1cc(N2CCN3C(=O)NCC3C2)c(C#N)c(C)n1. The zero-order valence-electron chi connectivity index (χ0n) is 11.7. The predicted octanol–water partition coefficient (Wildman–Crippen LogP) is 0.784. The van der Waals surface area contributed by atoms with Crippen molar-refractivity contribution < 1.29 is 4.79 Å². The first kappa shape index (κ1) is 12.7. The second-order valence-corrected chi connectivity index (χ2v) is 5.33. The zero-order valence-corrected chi connectivity index (χ0v) is 11.7. The van der Waals surface area contributed by atoms with E-state index >= 15 is 0 Å². The molecule has 3 rings (SSSR count). The normalized spacial score (nSPS) is 21.4. The van der Waals surface area contributed by atoms with Crippen molar-refractivity contribution in [3.63, 3.8) is 0 Å². The number of aryl methyl sites for hydroxylation is 2. The van der Waals surface area contributed by atoms with Crippen LogP contribution in [0.4, 0.5) is 10.5 Å². The van der Waals surface area contributed by atoms with Crippen LogP contribution in [0.1, 0.15) is 17.0 Å². The van der Waals surface area contributed by atoms with Crippen molar-refractivity contribution in [2.45, 2.75) is 19.9 Å². The van der Waals surface area contributed by atoms with Crippen molar-refractivity contribution in [3.8, 4) is 6.07 Å². The number of fused-ring (bicyclic) bond motifs is 1. The summed E-state index contributed by atoms with van der Waals surface area (Å²) in [6.07, 6.45) is 0. The van der Waals surface area contributed by atoms with Gasteiger partial charge in [-0.25, -0.2) is 4.79 Å². The van der Waals surface area contributed by atoms with Crippen LogP contribution in [0.3, 0.4) is 0 Å². The van der Waals surface area contributed by atoms with Crippen molar-refractivity contribution in [1.29, 1.82) is 5.26 Å². The third-order valence-corrected chi connectivity index (χ3v) is 3.99. The van der Waals surface area contributed by atoms with Gasteiger partial charge in [-0.15, -0.1) is 0 Å². The molecule has 2 amide bonds. The largest absolute Gasteiger partial charge is 0.366 e. The molecule has 1 N–H and O–H groups in total. The summed E-state index contributed by atoms with van der Waals surface area (Å²) in [5.41, 5.74) is 3.27. The minimum Gasteiger partial charge on any atom is -0.366 e. The molecule has 0 bridgehead atoms. The summed E-state index contributed by atoms with van der Waals surface area (Å²) >= 11 is 0. The summed E-state index contributed by atoms with van der Waals surface area (Å²) < 4.78 is 0. The van der Waals surface area contributed by atoms with E-state index in [1.54, 1.807) is 0 Å². The van der Waals surface area contributed by atoms with Gasteiger partial charge in [-0.1, -0.05) is 0 Å². The van der Waals surface area contributed by atoms with E-state index in [0.717, 1.165) is 30.2 Å². The maximum absolute atomic E-state index is 11.6. The molecule has 6 heteroatoms. The van der Waals surface area contributed by atoms with Crippen molar-refractivity contribution >= 4 is 11.7 Å². The third-order valence-electron chi connectivity index (χ3n) is 3.99. The molecule has 6 nitrogen and oxygen atoms in total. The van der Waals surface area contributed by atoms with E-state index < -0.39 is 0 Å². The van der Waals surface area contributed by atoms with E-state index in [9.17, 15) is 10.1 Å². The third kappa shape index (κ3) is 1.95. The van der Waals surface area contributed by atoms with Crippen LogP contribution in [0.2, 0.25) is 0 Å². The van der Waals surface area contributed by atoms with E-state index in [0.29, 0.717) is 18.7 Å². The van der Waals surface area contributed by atoms with Gasteiger partial charge in [-0.05, 0) is 19.9 Å². The lowest BCUT2D eigenvalue weighted by molar-refractivity contribution is 0.197. The molecule has 0 aromatic carbocycles. The fourth-order valence-electron chi connectivity index (χ4n) is 3.02. The molecule has 1 atom stereocenters. The summed E-state index contributed by atoms with van der Waals surface area (Å²) in [6.45, 7) is 6.69. The number of carbonyl (C=O) groups excluding carboxylic acids is 1. The Morgan fingerprint density at radius 1 is 1.45 bits per heavy atom. The Kier molecular flexibility index (Phi) is 2.97. The Morgan fingerprint density at radius 3 is 3.00 bits per heavy atom. The first-order valence-corrected chi connectivity index (χ1v) is 6.78. The maximum atomic E-state index is 11.6. The molecule has 104 valence electrons. The van der Waals surface area contributed by atoms with Crippen LogP contribution < -0.4 is 10.2 Å². The van der Waals surface area contributed by atoms with Gasteiger partial charge in [0.25, 0.3) is 0 Å². The summed E-state index contributed by atoms with van der Waals surface area (Å²) in [4.78, 5) is 20.0. The molecule has 0 spiro atoms. The number of hydrogen-bond donors (Lipinski definition) is 1. The van der Waals surface area contributed by atoms with Gasteiger partial charge < -0.3 is 15.1 Å². The number of carbonyl (C=O) groups is 1. The Labute approximate surface area is 118 Å². The lowest BCUT2D eigenvalue weighted by atomic mass is 10.1. The average Bonchev–Trinajstić information content (AvgIpc) is 2.79. The standard InChI is InChI=1S/C14H17N5O/c1-9-5-13(12(6-15)10(2)17-9)18-3-4-19-11(8-18)7-16-14(19)20/h5,11H,3-4,7-8H2,1-2H3,(H,16,20). The molecule has 1 aromatic rings. The molecule has 20 heavy (non-hydrogen) atoms. The molecule has 1 unspecified atom stereocenters. The summed E-state index contributed by atoms with van der Waals surface area (Å²) in [5, 5.41) is 12.2. The molecule has 3 heterocycles. The topological polar surface area (TPSA) is 72.3 Å². The highest BCUT2D eigenvalue weighted by molar-refractivity contribution is 5.77. The van der Waals surface area contributed by atoms with Gasteiger partial charge >= 0.3 is 6.03 Å².